The third-order valence-electron chi connectivity index (χ3n) is 1.13. The number of hydrogen-bond donors (Lipinski definition) is 1. The van der Waals surface area contributed by atoms with Gasteiger partial charge in [-0.05, 0) is 11.2 Å². The molecular weight excluding hydrogens is 124 g/mol. The second-order valence-corrected chi connectivity index (χ2v) is 3.52. The first-order valence-electron chi connectivity index (χ1n) is 2.60. The van der Waals surface area contributed by atoms with Gasteiger partial charge in [0.25, 0.3) is 0 Å². The molecular formula is C4H9N2OS. The highest BCUT2D eigenvalue weighted by molar-refractivity contribution is 7.92. The molecule has 0 aliphatic carbocycles. The van der Waals surface area contributed by atoms with Crippen molar-refractivity contribution < 1.29 is 4.55 Å². The van der Waals surface area contributed by atoms with Crippen molar-refractivity contribution in [2.24, 2.45) is 0 Å². The summed E-state index contributed by atoms with van der Waals surface area (Å²) in [6.07, 6.45) is 0. The van der Waals surface area contributed by atoms with Crippen molar-refractivity contribution in [3.8, 4) is 0 Å². The van der Waals surface area contributed by atoms with E-state index in [1.807, 2.05) is 0 Å². The molecule has 1 aliphatic heterocycles. The van der Waals surface area contributed by atoms with Gasteiger partial charge in [-0.2, -0.15) is 0 Å². The van der Waals surface area contributed by atoms with Crippen LogP contribution in [0.3, 0.4) is 0 Å². The molecule has 4 heteroatoms. The lowest BCUT2D eigenvalue weighted by molar-refractivity contribution is 0.545. The quantitative estimate of drug-likeness (QED) is 0.428. The van der Waals surface area contributed by atoms with Crippen LogP contribution in [-0.2, 0) is 11.2 Å². The van der Waals surface area contributed by atoms with Gasteiger partial charge in [-0.1, -0.05) is 0 Å². The molecule has 8 heavy (non-hydrogen) atoms. The summed E-state index contributed by atoms with van der Waals surface area (Å²) in [5.74, 6) is 0.647. The molecule has 1 radical (unpaired) electrons. The Morgan fingerprint density at radius 1 is 1.75 bits per heavy atom. The molecule has 0 bridgehead atoms. The molecule has 2 atom stereocenters. The van der Waals surface area contributed by atoms with Crippen molar-refractivity contribution in [3.05, 3.63) is 0 Å². The monoisotopic (exact) mass is 133 g/mol. The minimum atomic E-state index is -0.881. The maximum Gasteiger partial charge on any atom is 0.191 e. The second kappa shape index (κ2) is 2.68. The van der Waals surface area contributed by atoms with E-state index in [9.17, 15) is 4.55 Å². The fraction of sp³-hybridized carbons (Fsp3) is 1.00. The Kier molecular flexibility index (Phi) is 2.13. The predicted molar refractivity (Wildman–Crippen MR) is 32.8 cm³/mol. The van der Waals surface area contributed by atoms with Gasteiger partial charge in [0.05, 0.1) is 6.54 Å². The van der Waals surface area contributed by atoms with Gasteiger partial charge in [-0.25, -0.2) is 5.73 Å². The first-order chi connectivity index (χ1) is 3.80. The molecule has 2 N–H and O–H groups in total. The fourth-order valence-electron chi connectivity index (χ4n) is 0.641. The van der Waals surface area contributed by atoms with Gasteiger partial charge in [0.1, 0.15) is 5.75 Å². The number of nitrogens with one attached hydrogen (secondary N) is 2. The third kappa shape index (κ3) is 1.35. The largest absolute Gasteiger partial charge is 0.615 e. The first kappa shape index (κ1) is 6.35. The summed E-state index contributed by atoms with van der Waals surface area (Å²) < 4.78 is 10.7. The van der Waals surface area contributed by atoms with Crippen LogP contribution in [0.1, 0.15) is 0 Å². The van der Waals surface area contributed by atoms with Gasteiger partial charge >= 0.3 is 0 Å². The number of rotatable bonds is 0. The van der Waals surface area contributed by atoms with Crippen molar-refractivity contribution in [1.82, 2.24) is 11.1 Å². The Labute approximate surface area is 51.8 Å². The zero-order chi connectivity index (χ0) is 5.98. The van der Waals surface area contributed by atoms with Crippen molar-refractivity contribution in [3.63, 3.8) is 0 Å². The van der Waals surface area contributed by atoms with Crippen LogP contribution in [0.5, 0.6) is 0 Å². The molecule has 0 amide bonds. The Balaban J connectivity index is 2.28. The van der Waals surface area contributed by atoms with Crippen molar-refractivity contribution in [2.75, 3.05) is 18.8 Å². The van der Waals surface area contributed by atoms with Crippen LogP contribution in [0.2, 0.25) is 0 Å². The Morgan fingerprint density at radius 2 is 2.50 bits per heavy atom. The molecule has 1 aliphatic rings. The minimum Gasteiger partial charge on any atom is -0.615 e. The lowest BCUT2D eigenvalue weighted by atomic mass is 10.6. The smallest absolute Gasteiger partial charge is 0.191 e. The molecule has 0 saturated carbocycles. The summed E-state index contributed by atoms with van der Waals surface area (Å²) in [5, 5.41) is 2.60. The van der Waals surface area contributed by atoms with Gasteiger partial charge < -0.3 is 9.87 Å². The van der Waals surface area contributed by atoms with Crippen LogP contribution in [-0.4, -0.2) is 28.8 Å². The van der Waals surface area contributed by atoms with Gasteiger partial charge in [-0.3, -0.25) is 0 Å². The summed E-state index contributed by atoms with van der Waals surface area (Å²) in [6, 6.07) is 0. The van der Waals surface area contributed by atoms with E-state index in [-0.39, 0.29) is 5.37 Å². The molecule has 1 saturated heterocycles. The van der Waals surface area contributed by atoms with Gasteiger partial charge in [0.15, 0.2) is 5.37 Å². The molecule has 1 fully saturated rings. The summed E-state index contributed by atoms with van der Waals surface area (Å²) in [4.78, 5) is 0. The zero-order valence-corrected chi connectivity index (χ0v) is 5.33. The zero-order valence-electron chi connectivity index (χ0n) is 4.52. The lowest BCUT2D eigenvalue weighted by Crippen LogP contribution is -2.44. The molecule has 0 spiro atoms. The molecule has 3 nitrogen and oxygen atoms in total. The maximum atomic E-state index is 10.7. The van der Waals surface area contributed by atoms with E-state index in [2.05, 4.69) is 5.32 Å². The van der Waals surface area contributed by atoms with Crippen molar-refractivity contribution in [1.29, 1.82) is 0 Å². The normalized spacial score (nSPS) is 39.8. The average molecular weight is 133 g/mol. The molecule has 2 unspecified atom stereocenters. The van der Waals surface area contributed by atoms with Crippen LogP contribution >= 0.6 is 0 Å². The Bertz CT molecular complexity index is 70.4. The minimum absolute atomic E-state index is 0.385. The predicted octanol–water partition coefficient (Wildman–Crippen LogP) is -1.05. The molecule has 1 heterocycles. The van der Waals surface area contributed by atoms with Crippen LogP contribution in [0.15, 0.2) is 0 Å². The van der Waals surface area contributed by atoms with Gasteiger partial charge in [-0.15, -0.1) is 0 Å². The molecule has 0 aromatic heterocycles. The highest BCUT2D eigenvalue weighted by Gasteiger charge is 2.21. The Hall–Kier alpha value is 0.230. The summed E-state index contributed by atoms with van der Waals surface area (Å²) in [5.41, 5.74) is 7.12. The fourth-order valence-corrected chi connectivity index (χ4v) is 1.57. The average Bonchev–Trinajstić information content (AvgIpc) is 1.77. The van der Waals surface area contributed by atoms with E-state index in [4.69, 9.17) is 5.73 Å². The van der Waals surface area contributed by atoms with Gasteiger partial charge in [0.2, 0.25) is 0 Å². The van der Waals surface area contributed by atoms with E-state index in [0.717, 1.165) is 6.54 Å². The highest BCUT2D eigenvalue weighted by Crippen LogP contribution is 2.00. The van der Waals surface area contributed by atoms with E-state index >= 15 is 0 Å². The van der Waals surface area contributed by atoms with Crippen molar-refractivity contribution in [2.45, 2.75) is 5.37 Å². The lowest BCUT2D eigenvalue weighted by Gasteiger charge is -2.22. The molecule has 1 rings (SSSR count). The molecule has 47 valence electrons. The second-order valence-electron chi connectivity index (χ2n) is 1.78. The van der Waals surface area contributed by atoms with Crippen LogP contribution in [0.25, 0.3) is 0 Å². The summed E-state index contributed by atoms with van der Waals surface area (Å²) >= 11 is -0.881. The molecule has 0 aromatic carbocycles. The van der Waals surface area contributed by atoms with Crippen LogP contribution < -0.4 is 11.1 Å². The van der Waals surface area contributed by atoms with E-state index in [1.54, 1.807) is 0 Å². The van der Waals surface area contributed by atoms with E-state index in [0.29, 0.717) is 12.3 Å². The molecule has 0 aromatic rings. The van der Waals surface area contributed by atoms with Gasteiger partial charge in [0, 0.05) is 6.54 Å². The summed E-state index contributed by atoms with van der Waals surface area (Å²) in [7, 11) is 0. The first-order valence-corrected chi connectivity index (χ1v) is 3.98. The third-order valence-corrected chi connectivity index (χ3v) is 2.53. The standard InChI is InChI=1S/C4H9N2OS/c5-4-3-6-1-2-8(4)7/h4-6H,1-3H2. The maximum absolute atomic E-state index is 10.7. The topological polar surface area (TPSA) is 58.9 Å². The van der Waals surface area contributed by atoms with Crippen LogP contribution in [0.4, 0.5) is 0 Å². The van der Waals surface area contributed by atoms with E-state index < -0.39 is 11.2 Å². The number of hydrogen-bond acceptors (Lipinski definition) is 2. The summed E-state index contributed by atoms with van der Waals surface area (Å²) in [6.45, 7) is 1.40. The Morgan fingerprint density at radius 3 is 2.88 bits per heavy atom. The van der Waals surface area contributed by atoms with Crippen molar-refractivity contribution >= 4 is 11.2 Å². The SMILES string of the molecule is [NH]C1CNCC[S+]1[O-]. The van der Waals surface area contributed by atoms with E-state index in [1.165, 1.54) is 0 Å². The van der Waals surface area contributed by atoms with Crippen LogP contribution in [0, 0.1) is 0 Å². The highest BCUT2D eigenvalue weighted by atomic mass is 32.2.